The second-order valence-corrected chi connectivity index (χ2v) is 9.26. The third kappa shape index (κ3) is 4.01. The minimum absolute atomic E-state index is 0.0935. The van der Waals surface area contributed by atoms with Gasteiger partial charge in [0.05, 0.1) is 28.6 Å². The molecule has 8 nitrogen and oxygen atoms in total. The standard InChI is InChI=1S/C20H22N4O4S/c1-13-18-16(19(25)21-15-8-10-24(11-9-15)29(2,26)27)12-17(22-20(18)28-23-13)14-6-4-3-5-7-14/h3-7,12,15H,8-11H2,1-2H3,(H,21,25). The Morgan fingerprint density at radius 1 is 1.21 bits per heavy atom. The van der Waals surface area contributed by atoms with Crippen molar-refractivity contribution in [2.24, 2.45) is 0 Å². The summed E-state index contributed by atoms with van der Waals surface area (Å²) in [7, 11) is -3.20. The molecule has 0 atom stereocenters. The van der Waals surface area contributed by atoms with E-state index in [0.29, 0.717) is 54.0 Å². The summed E-state index contributed by atoms with van der Waals surface area (Å²) in [6.45, 7) is 2.57. The molecule has 0 saturated carbocycles. The van der Waals surface area contributed by atoms with Gasteiger partial charge in [0.2, 0.25) is 10.0 Å². The molecule has 1 N–H and O–H groups in total. The van der Waals surface area contributed by atoms with Crippen molar-refractivity contribution in [3.63, 3.8) is 0 Å². The Balaban J connectivity index is 1.61. The van der Waals surface area contributed by atoms with Crippen LogP contribution in [0, 0.1) is 6.92 Å². The smallest absolute Gasteiger partial charge is 0.259 e. The number of nitrogens with one attached hydrogen (secondary N) is 1. The number of hydrogen-bond acceptors (Lipinski definition) is 6. The van der Waals surface area contributed by atoms with Gasteiger partial charge in [-0.3, -0.25) is 4.79 Å². The van der Waals surface area contributed by atoms with Crippen molar-refractivity contribution < 1.29 is 17.7 Å². The number of amides is 1. The van der Waals surface area contributed by atoms with Gasteiger partial charge in [-0.25, -0.2) is 17.7 Å². The van der Waals surface area contributed by atoms with Crippen LogP contribution < -0.4 is 5.32 Å². The minimum atomic E-state index is -3.20. The lowest BCUT2D eigenvalue weighted by molar-refractivity contribution is 0.0925. The predicted molar refractivity (Wildman–Crippen MR) is 109 cm³/mol. The van der Waals surface area contributed by atoms with E-state index in [4.69, 9.17) is 4.52 Å². The SMILES string of the molecule is Cc1noc2nc(-c3ccccc3)cc(C(=O)NC3CCN(S(C)(=O)=O)CC3)c12. The topological polar surface area (TPSA) is 105 Å². The molecule has 1 aromatic carbocycles. The number of carbonyl (C=O) groups excluding carboxylic acids is 1. The maximum Gasteiger partial charge on any atom is 0.259 e. The maximum atomic E-state index is 13.1. The number of benzene rings is 1. The number of carbonyl (C=O) groups is 1. The molecule has 1 saturated heterocycles. The summed E-state index contributed by atoms with van der Waals surface area (Å²) in [5, 5.41) is 7.60. The molecule has 1 aliphatic heterocycles. The monoisotopic (exact) mass is 414 g/mol. The Morgan fingerprint density at radius 3 is 2.55 bits per heavy atom. The number of nitrogens with zero attached hydrogens (tertiary/aromatic N) is 3. The molecule has 152 valence electrons. The van der Waals surface area contributed by atoms with Crippen molar-refractivity contribution in [3.05, 3.63) is 47.7 Å². The Kier molecular flexibility index (Phi) is 5.10. The van der Waals surface area contributed by atoms with Gasteiger partial charge in [-0.1, -0.05) is 35.5 Å². The van der Waals surface area contributed by atoms with Crippen LogP contribution in [0.3, 0.4) is 0 Å². The van der Waals surface area contributed by atoms with Crippen LogP contribution in [0.15, 0.2) is 40.9 Å². The van der Waals surface area contributed by atoms with Gasteiger partial charge in [-0.2, -0.15) is 0 Å². The van der Waals surface area contributed by atoms with E-state index in [2.05, 4.69) is 15.5 Å². The number of piperidine rings is 1. The van der Waals surface area contributed by atoms with E-state index in [1.54, 1.807) is 13.0 Å². The molecule has 29 heavy (non-hydrogen) atoms. The molecule has 1 fully saturated rings. The summed E-state index contributed by atoms with van der Waals surface area (Å²) >= 11 is 0. The molecular formula is C20H22N4O4S. The van der Waals surface area contributed by atoms with Crippen LogP contribution in [0.2, 0.25) is 0 Å². The van der Waals surface area contributed by atoms with Gasteiger partial charge < -0.3 is 9.84 Å². The minimum Gasteiger partial charge on any atom is -0.349 e. The van der Waals surface area contributed by atoms with E-state index in [-0.39, 0.29) is 11.9 Å². The van der Waals surface area contributed by atoms with Gasteiger partial charge >= 0.3 is 0 Å². The fourth-order valence-electron chi connectivity index (χ4n) is 3.63. The van der Waals surface area contributed by atoms with Gasteiger partial charge in [0, 0.05) is 24.7 Å². The van der Waals surface area contributed by atoms with Gasteiger partial charge in [0.15, 0.2) is 0 Å². The van der Waals surface area contributed by atoms with E-state index in [1.165, 1.54) is 10.6 Å². The molecule has 2 aromatic heterocycles. The summed E-state index contributed by atoms with van der Waals surface area (Å²) in [6.07, 6.45) is 2.35. The van der Waals surface area contributed by atoms with Crippen molar-refractivity contribution in [3.8, 4) is 11.3 Å². The number of fused-ring (bicyclic) bond motifs is 1. The summed E-state index contributed by atoms with van der Waals surface area (Å²) in [6, 6.07) is 11.2. The lowest BCUT2D eigenvalue weighted by atomic mass is 10.0. The lowest BCUT2D eigenvalue weighted by Gasteiger charge is -2.30. The van der Waals surface area contributed by atoms with Gasteiger partial charge in [0.25, 0.3) is 11.6 Å². The van der Waals surface area contributed by atoms with Crippen LogP contribution in [0.1, 0.15) is 28.9 Å². The third-order valence-corrected chi connectivity index (χ3v) is 6.49. The zero-order chi connectivity index (χ0) is 20.6. The number of hydrogen-bond donors (Lipinski definition) is 1. The Hall–Kier alpha value is -2.78. The van der Waals surface area contributed by atoms with E-state index < -0.39 is 10.0 Å². The molecule has 3 aromatic rings. The number of pyridine rings is 1. The quantitative estimate of drug-likeness (QED) is 0.703. The van der Waals surface area contributed by atoms with E-state index >= 15 is 0 Å². The summed E-state index contributed by atoms with van der Waals surface area (Å²) in [4.78, 5) is 17.6. The van der Waals surface area contributed by atoms with Crippen molar-refractivity contribution in [2.75, 3.05) is 19.3 Å². The normalized spacial score (nSPS) is 16.2. The zero-order valence-corrected chi connectivity index (χ0v) is 17.1. The highest BCUT2D eigenvalue weighted by atomic mass is 32.2. The molecule has 0 spiro atoms. The molecule has 3 heterocycles. The Morgan fingerprint density at radius 2 is 1.90 bits per heavy atom. The molecule has 1 aliphatic rings. The summed E-state index contributed by atoms with van der Waals surface area (Å²) in [5.74, 6) is -0.237. The fourth-order valence-corrected chi connectivity index (χ4v) is 4.50. The van der Waals surface area contributed by atoms with Gasteiger partial charge in [-0.15, -0.1) is 0 Å². The lowest BCUT2D eigenvalue weighted by Crippen LogP contribution is -2.46. The van der Waals surface area contributed by atoms with Crippen molar-refractivity contribution in [1.29, 1.82) is 0 Å². The Bertz CT molecular complexity index is 1150. The number of rotatable bonds is 4. The third-order valence-electron chi connectivity index (χ3n) is 5.19. The highest BCUT2D eigenvalue weighted by molar-refractivity contribution is 7.88. The van der Waals surface area contributed by atoms with Crippen LogP contribution in [-0.2, 0) is 10.0 Å². The average molecular weight is 414 g/mol. The second kappa shape index (κ2) is 7.57. The number of aromatic nitrogens is 2. The van der Waals surface area contributed by atoms with Gasteiger partial charge in [0.1, 0.15) is 0 Å². The van der Waals surface area contributed by atoms with Crippen LogP contribution in [0.5, 0.6) is 0 Å². The van der Waals surface area contributed by atoms with Crippen LogP contribution in [0.4, 0.5) is 0 Å². The highest BCUT2D eigenvalue weighted by Crippen LogP contribution is 2.27. The fraction of sp³-hybridized carbons (Fsp3) is 0.350. The molecule has 0 radical (unpaired) electrons. The Labute approximate surface area is 169 Å². The highest BCUT2D eigenvalue weighted by Gasteiger charge is 2.27. The number of aryl methyl sites for hydroxylation is 1. The molecule has 4 rings (SSSR count). The van der Waals surface area contributed by atoms with Crippen LogP contribution in [0.25, 0.3) is 22.4 Å². The molecule has 9 heteroatoms. The first kappa shape index (κ1) is 19.5. The van der Waals surface area contributed by atoms with E-state index in [0.717, 1.165) is 5.56 Å². The first-order valence-corrected chi connectivity index (χ1v) is 11.3. The average Bonchev–Trinajstić information content (AvgIpc) is 3.08. The molecule has 1 amide bonds. The first-order chi connectivity index (χ1) is 13.8. The van der Waals surface area contributed by atoms with Crippen molar-refractivity contribution >= 4 is 27.0 Å². The predicted octanol–water partition coefficient (Wildman–Crippen LogP) is 2.35. The molecule has 0 bridgehead atoms. The molecular weight excluding hydrogens is 392 g/mol. The van der Waals surface area contributed by atoms with E-state index in [1.807, 2.05) is 30.3 Å². The molecule has 0 unspecified atom stereocenters. The van der Waals surface area contributed by atoms with Crippen molar-refractivity contribution in [2.45, 2.75) is 25.8 Å². The van der Waals surface area contributed by atoms with Gasteiger partial charge in [-0.05, 0) is 25.8 Å². The molecule has 0 aliphatic carbocycles. The zero-order valence-electron chi connectivity index (χ0n) is 16.3. The second-order valence-electron chi connectivity index (χ2n) is 7.28. The number of sulfonamides is 1. The largest absolute Gasteiger partial charge is 0.349 e. The summed E-state index contributed by atoms with van der Waals surface area (Å²) < 4.78 is 30.1. The maximum absolute atomic E-state index is 13.1. The van der Waals surface area contributed by atoms with Crippen LogP contribution in [-0.4, -0.2) is 54.2 Å². The first-order valence-electron chi connectivity index (χ1n) is 9.41. The van der Waals surface area contributed by atoms with Crippen LogP contribution >= 0.6 is 0 Å². The summed E-state index contributed by atoms with van der Waals surface area (Å²) in [5.41, 5.74) is 2.88. The van der Waals surface area contributed by atoms with E-state index in [9.17, 15) is 13.2 Å². The van der Waals surface area contributed by atoms with Crippen molar-refractivity contribution in [1.82, 2.24) is 19.8 Å².